The minimum atomic E-state index is -1.03. The summed E-state index contributed by atoms with van der Waals surface area (Å²) in [5, 5.41) is 40.7. The zero-order valence-electron chi connectivity index (χ0n) is 28.9. The first-order chi connectivity index (χ1) is 23.1. The molecule has 48 heavy (non-hydrogen) atoms. The maximum atomic E-state index is 10.5. The predicted octanol–water partition coefficient (Wildman–Crippen LogP) is 5.84. The van der Waals surface area contributed by atoms with E-state index in [9.17, 15) is 20.4 Å². The molecule has 2 aromatic carbocycles. The zero-order valence-corrected chi connectivity index (χ0v) is 28.9. The molecule has 0 spiro atoms. The number of hydrogen-bond donors (Lipinski definition) is 4. The van der Waals surface area contributed by atoms with Crippen LogP contribution >= 0.6 is 0 Å². The van der Waals surface area contributed by atoms with Crippen molar-refractivity contribution in [2.45, 2.75) is 101 Å². The lowest BCUT2D eigenvalue weighted by Crippen LogP contribution is -2.46. The number of methoxy groups -OCH3 is 2. The van der Waals surface area contributed by atoms with E-state index in [1.165, 1.54) is 41.5 Å². The van der Waals surface area contributed by atoms with E-state index in [0.717, 1.165) is 37.9 Å². The fourth-order valence-electron chi connectivity index (χ4n) is 11.2. The molecule has 0 bridgehead atoms. The van der Waals surface area contributed by atoms with Gasteiger partial charge in [0.15, 0.2) is 6.79 Å². The zero-order chi connectivity index (χ0) is 33.8. The smallest absolute Gasteiger partial charge is 0.188 e. The number of hydrogen-bond acceptors (Lipinski definition) is 8. The number of allylic oxidation sites excluding steroid dienone is 1. The van der Waals surface area contributed by atoms with E-state index in [1.807, 2.05) is 19.1 Å². The van der Waals surface area contributed by atoms with Gasteiger partial charge in [0.25, 0.3) is 0 Å². The first kappa shape index (κ1) is 34.0. The molecule has 0 aliphatic heterocycles. The summed E-state index contributed by atoms with van der Waals surface area (Å²) in [5.74, 6) is 3.77. The molecular weight excluding hydrogens is 608 g/mol. The van der Waals surface area contributed by atoms with E-state index in [4.69, 9.17) is 18.9 Å². The average molecular weight is 663 g/mol. The lowest BCUT2D eigenvalue weighted by molar-refractivity contribution is -0.114. The minimum Gasteiger partial charge on any atom is -0.508 e. The number of benzene rings is 2. The number of aliphatic hydroxyl groups is 3. The highest BCUT2D eigenvalue weighted by atomic mass is 16.7. The summed E-state index contributed by atoms with van der Waals surface area (Å²) < 4.78 is 21.8. The van der Waals surface area contributed by atoms with E-state index < -0.39 is 23.7 Å². The molecule has 8 rings (SSSR count). The summed E-state index contributed by atoms with van der Waals surface area (Å²) in [6, 6.07) is 12.2. The Hall–Kier alpha value is -2.46. The fourth-order valence-corrected chi connectivity index (χ4v) is 11.2. The normalized spacial score (nSPS) is 40.3. The molecule has 8 nitrogen and oxygen atoms in total. The Labute approximate surface area is 285 Å². The van der Waals surface area contributed by atoms with E-state index in [2.05, 4.69) is 37.3 Å². The molecular formula is C40H54O8. The molecule has 0 heterocycles. The summed E-state index contributed by atoms with van der Waals surface area (Å²) in [7, 11) is 3.35. The van der Waals surface area contributed by atoms with Gasteiger partial charge in [-0.05, 0) is 133 Å². The minimum absolute atomic E-state index is 0.0572. The van der Waals surface area contributed by atoms with Crippen molar-refractivity contribution < 1.29 is 39.4 Å². The second-order valence-corrected chi connectivity index (χ2v) is 15.9. The third-order valence-electron chi connectivity index (χ3n) is 13.6. The van der Waals surface area contributed by atoms with Crippen LogP contribution in [0.15, 0.2) is 48.6 Å². The van der Waals surface area contributed by atoms with Crippen LogP contribution in [0.25, 0.3) is 0 Å². The summed E-state index contributed by atoms with van der Waals surface area (Å²) >= 11 is 0. The molecule has 8 unspecified atom stereocenters. The molecule has 8 heteroatoms. The van der Waals surface area contributed by atoms with Gasteiger partial charge in [-0.1, -0.05) is 38.1 Å². The molecule has 12 atom stereocenters. The van der Waals surface area contributed by atoms with E-state index in [-0.39, 0.29) is 23.4 Å². The lowest BCUT2D eigenvalue weighted by Gasteiger charge is -2.50. The molecule has 0 amide bonds. The first-order valence-electron chi connectivity index (χ1n) is 18.0. The lowest BCUT2D eigenvalue weighted by atomic mass is 9.55. The number of phenolic OH excluding ortho intramolecular Hbond substituents is 1. The largest absolute Gasteiger partial charge is 0.508 e. The van der Waals surface area contributed by atoms with Crippen LogP contribution < -0.4 is 4.74 Å². The number of phenols is 1. The van der Waals surface area contributed by atoms with Gasteiger partial charge in [-0.2, -0.15) is 0 Å². The van der Waals surface area contributed by atoms with Gasteiger partial charge in [0.1, 0.15) is 24.4 Å². The highest BCUT2D eigenvalue weighted by molar-refractivity contribution is 5.42. The SMILES string of the molecule is COCOc1ccc2c(c1)CCC1C2CC[C@@]2(C)C1C=C[C@@H]2OCOC.C[C@]12CCC3c4ccc(O)cc4CCC3C1C(O)C(O)[C@@H]2O. The van der Waals surface area contributed by atoms with Crippen LogP contribution in [0.5, 0.6) is 11.5 Å². The first-order valence-corrected chi connectivity index (χ1v) is 18.0. The molecule has 0 saturated heterocycles. The van der Waals surface area contributed by atoms with Gasteiger partial charge >= 0.3 is 0 Å². The van der Waals surface area contributed by atoms with Gasteiger partial charge in [-0.25, -0.2) is 0 Å². The van der Waals surface area contributed by atoms with Crippen LogP contribution in [0.1, 0.15) is 86.5 Å². The predicted molar refractivity (Wildman–Crippen MR) is 182 cm³/mol. The van der Waals surface area contributed by atoms with Crippen LogP contribution in [-0.4, -0.2) is 72.6 Å². The molecule has 2 aromatic rings. The Kier molecular flexibility index (Phi) is 9.46. The van der Waals surface area contributed by atoms with Crippen LogP contribution in [0.4, 0.5) is 0 Å². The maximum absolute atomic E-state index is 10.5. The Morgan fingerprint density at radius 1 is 0.729 bits per heavy atom. The van der Waals surface area contributed by atoms with E-state index in [0.29, 0.717) is 43.0 Å². The highest BCUT2D eigenvalue weighted by Gasteiger charge is 2.62. The fraction of sp³-hybridized carbons (Fsp3) is 0.650. The second-order valence-electron chi connectivity index (χ2n) is 15.9. The van der Waals surface area contributed by atoms with E-state index >= 15 is 0 Å². The summed E-state index contributed by atoms with van der Waals surface area (Å²) in [5.41, 5.74) is 5.28. The number of aryl methyl sites for hydroxylation is 2. The third kappa shape index (κ3) is 5.61. The number of rotatable bonds is 6. The average Bonchev–Trinajstić information content (AvgIpc) is 3.52. The van der Waals surface area contributed by atoms with Gasteiger partial charge in [-0.3, -0.25) is 0 Å². The summed E-state index contributed by atoms with van der Waals surface area (Å²) in [4.78, 5) is 0. The Bertz CT molecular complexity index is 1490. The standard InChI is InChI=1S/C22H30O4.C18H24O4/c1-22-11-10-18-17-7-5-16(25-13-23-2)12-15(17)4-6-19(18)20(22)8-9-21(22)26-14-24-3;1-18-7-6-12-11-5-3-10(19)8-9(11)2-4-13(12)14(18)15(20)16(21)17(18)22/h5,7-9,12,18-21H,4,6,10-11,13-14H2,1-3H3;3,5,8,12-17,19-22H,2,4,6-7H2,1H3/t18?,19?,20?,21-,22-;12?,13?,14?,15?,16?,17-,18-/m00/s1. The number of aromatic hydroxyl groups is 1. The van der Waals surface area contributed by atoms with Crippen molar-refractivity contribution in [2.75, 3.05) is 27.8 Å². The van der Waals surface area contributed by atoms with Crippen molar-refractivity contribution in [1.82, 2.24) is 0 Å². The maximum Gasteiger partial charge on any atom is 0.188 e. The molecule has 0 aromatic heterocycles. The van der Waals surface area contributed by atoms with Crippen molar-refractivity contribution in [1.29, 1.82) is 0 Å². The molecule has 262 valence electrons. The molecule has 3 saturated carbocycles. The van der Waals surface area contributed by atoms with Crippen LogP contribution in [0.3, 0.4) is 0 Å². The molecule has 4 N–H and O–H groups in total. The molecule has 6 aliphatic rings. The highest BCUT2D eigenvalue weighted by Crippen LogP contribution is 2.61. The van der Waals surface area contributed by atoms with Gasteiger partial charge < -0.3 is 39.4 Å². The number of ether oxygens (including phenoxy) is 4. The molecule has 0 radical (unpaired) electrons. The van der Waals surface area contributed by atoms with Crippen LogP contribution in [0.2, 0.25) is 0 Å². The quantitative estimate of drug-likeness (QED) is 0.225. The van der Waals surface area contributed by atoms with Crippen molar-refractivity contribution in [2.24, 2.45) is 34.5 Å². The number of aliphatic hydroxyl groups excluding tert-OH is 3. The van der Waals surface area contributed by atoms with Crippen molar-refractivity contribution in [3.05, 3.63) is 70.8 Å². The van der Waals surface area contributed by atoms with Crippen molar-refractivity contribution in [3.63, 3.8) is 0 Å². The second kappa shape index (κ2) is 13.3. The van der Waals surface area contributed by atoms with Crippen LogP contribution in [0, 0.1) is 34.5 Å². The van der Waals surface area contributed by atoms with Crippen molar-refractivity contribution >= 4 is 0 Å². The number of fused-ring (bicyclic) bond motifs is 10. The Balaban J connectivity index is 0.000000154. The van der Waals surface area contributed by atoms with Crippen molar-refractivity contribution in [3.8, 4) is 11.5 Å². The molecule has 3 fully saturated rings. The Morgan fingerprint density at radius 2 is 1.38 bits per heavy atom. The van der Waals surface area contributed by atoms with Crippen LogP contribution in [-0.2, 0) is 27.1 Å². The Morgan fingerprint density at radius 3 is 2.10 bits per heavy atom. The summed E-state index contributed by atoms with van der Waals surface area (Å²) in [6.07, 6.45) is 10.6. The topological polar surface area (TPSA) is 118 Å². The third-order valence-corrected chi connectivity index (χ3v) is 13.6. The van der Waals surface area contributed by atoms with Gasteiger partial charge in [0.05, 0.1) is 18.3 Å². The molecule has 6 aliphatic carbocycles. The van der Waals surface area contributed by atoms with Gasteiger partial charge in [0.2, 0.25) is 0 Å². The monoisotopic (exact) mass is 662 g/mol. The summed E-state index contributed by atoms with van der Waals surface area (Å²) in [6.45, 7) is 5.10. The van der Waals surface area contributed by atoms with Gasteiger partial charge in [-0.15, -0.1) is 0 Å². The van der Waals surface area contributed by atoms with E-state index in [1.54, 1.807) is 20.3 Å². The van der Waals surface area contributed by atoms with Gasteiger partial charge in [0, 0.05) is 25.0 Å².